The van der Waals surface area contributed by atoms with Gasteiger partial charge in [-0.1, -0.05) is 27.5 Å². The van der Waals surface area contributed by atoms with Crippen molar-refractivity contribution in [1.29, 1.82) is 0 Å². The first kappa shape index (κ1) is 16.4. The molecule has 5 nitrogen and oxygen atoms in total. The zero-order valence-corrected chi connectivity index (χ0v) is 14.9. The summed E-state index contributed by atoms with van der Waals surface area (Å²) >= 11 is 12.0. The molecule has 0 bridgehead atoms. The number of carbonyl (C=O) groups excluding carboxylic acids is 1. The Morgan fingerprint density at radius 3 is 2.57 bits per heavy atom. The van der Waals surface area contributed by atoms with Crippen molar-refractivity contribution in [3.05, 3.63) is 56.2 Å². The molecule has 1 aromatic carbocycles. The average molecular weight is 455 g/mol. The van der Waals surface area contributed by atoms with Crippen molar-refractivity contribution < 1.29 is 13.2 Å². The number of benzene rings is 1. The molecule has 1 amide bonds. The van der Waals surface area contributed by atoms with E-state index in [0.717, 1.165) is 0 Å². The van der Waals surface area contributed by atoms with Crippen LogP contribution in [0, 0.1) is 0 Å². The highest BCUT2D eigenvalue weighted by atomic mass is 79.9. The topological polar surface area (TPSA) is 76.1 Å². The summed E-state index contributed by atoms with van der Waals surface area (Å²) in [7, 11) is -4.01. The summed E-state index contributed by atoms with van der Waals surface area (Å²) in [4.78, 5) is 15.7. The summed E-state index contributed by atoms with van der Waals surface area (Å²) in [6.45, 7) is 0. The van der Waals surface area contributed by atoms with E-state index in [1.54, 1.807) is 12.1 Å². The monoisotopic (exact) mass is 452 g/mol. The van der Waals surface area contributed by atoms with Crippen molar-refractivity contribution in [3.8, 4) is 0 Å². The normalized spacial score (nSPS) is 11.2. The van der Waals surface area contributed by atoms with Crippen molar-refractivity contribution in [3.63, 3.8) is 0 Å². The average Bonchev–Trinajstić information content (AvgIpc) is 2.41. The van der Waals surface area contributed by atoms with Crippen LogP contribution < -0.4 is 4.72 Å². The van der Waals surface area contributed by atoms with Crippen molar-refractivity contribution in [2.24, 2.45) is 0 Å². The maximum absolute atomic E-state index is 12.2. The van der Waals surface area contributed by atoms with E-state index in [1.165, 1.54) is 24.4 Å². The molecule has 2 rings (SSSR count). The van der Waals surface area contributed by atoms with Crippen LogP contribution in [0.4, 0.5) is 0 Å². The molecule has 110 valence electrons. The molecule has 9 heteroatoms. The summed E-state index contributed by atoms with van der Waals surface area (Å²) in [6, 6.07) is 7.27. The van der Waals surface area contributed by atoms with Crippen molar-refractivity contribution in [2.75, 3.05) is 0 Å². The highest BCUT2D eigenvalue weighted by Crippen LogP contribution is 2.25. The second kappa shape index (κ2) is 6.43. The number of hydrogen-bond acceptors (Lipinski definition) is 4. The van der Waals surface area contributed by atoms with Gasteiger partial charge in [-0.2, -0.15) is 0 Å². The Bertz CT molecular complexity index is 812. The van der Waals surface area contributed by atoms with Crippen LogP contribution in [0.5, 0.6) is 0 Å². The van der Waals surface area contributed by atoms with E-state index >= 15 is 0 Å². The fourth-order valence-corrected chi connectivity index (χ4v) is 4.11. The molecule has 0 atom stereocenters. The lowest BCUT2D eigenvalue weighted by molar-refractivity contribution is 0.0981. The number of pyridine rings is 1. The molecule has 1 heterocycles. The van der Waals surface area contributed by atoms with E-state index in [4.69, 9.17) is 11.6 Å². The van der Waals surface area contributed by atoms with Crippen molar-refractivity contribution in [2.45, 2.75) is 4.90 Å². The van der Waals surface area contributed by atoms with Gasteiger partial charge in [-0.3, -0.25) is 4.79 Å². The van der Waals surface area contributed by atoms with Gasteiger partial charge >= 0.3 is 0 Å². The molecule has 0 saturated heterocycles. The van der Waals surface area contributed by atoms with Gasteiger partial charge in [0.25, 0.3) is 15.9 Å². The number of halogens is 3. The van der Waals surface area contributed by atoms with Gasteiger partial charge < -0.3 is 0 Å². The number of sulfonamides is 1. The lowest BCUT2D eigenvalue weighted by Crippen LogP contribution is -2.30. The minimum atomic E-state index is -4.01. The Morgan fingerprint density at radius 2 is 1.90 bits per heavy atom. The second-order valence-corrected chi connectivity index (χ2v) is 7.68. The molecule has 0 aliphatic carbocycles. The highest BCUT2D eigenvalue weighted by Gasteiger charge is 2.21. The fourth-order valence-electron chi connectivity index (χ4n) is 1.46. The third-order valence-corrected chi connectivity index (χ3v) is 5.42. The molecule has 0 aliphatic heterocycles. The molecule has 0 radical (unpaired) electrons. The van der Waals surface area contributed by atoms with Crippen LogP contribution in [0.1, 0.15) is 10.4 Å². The highest BCUT2D eigenvalue weighted by molar-refractivity contribution is 9.11. The summed E-state index contributed by atoms with van der Waals surface area (Å²) in [5, 5.41) is 0.101. The Labute approximate surface area is 143 Å². The van der Waals surface area contributed by atoms with E-state index in [0.29, 0.717) is 8.95 Å². The number of aromatic nitrogens is 1. The first-order valence-corrected chi connectivity index (χ1v) is 8.88. The minimum absolute atomic E-state index is 0.0506. The zero-order valence-electron chi connectivity index (χ0n) is 10.2. The Balaban J connectivity index is 2.33. The molecule has 0 fully saturated rings. The summed E-state index contributed by atoms with van der Waals surface area (Å²) < 4.78 is 27.4. The van der Waals surface area contributed by atoms with E-state index in [1.807, 2.05) is 4.72 Å². The molecule has 21 heavy (non-hydrogen) atoms. The van der Waals surface area contributed by atoms with Crippen LogP contribution in [-0.2, 0) is 10.0 Å². The minimum Gasteiger partial charge on any atom is -0.268 e. The van der Waals surface area contributed by atoms with Gasteiger partial charge in [-0.05, 0) is 46.3 Å². The number of carbonyl (C=O) groups is 1. The SMILES string of the molecule is O=C(NS(=O)(=O)c1cc(Br)ccc1Br)c1ccnc(Cl)c1. The smallest absolute Gasteiger partial charge is 0.265 e. The standard InChI is InChI=1S/C12H7Br2ClN2O3S/c13-8-1-2-9(14)10(6-8)21(19,20)17-12(18)7-3-4-16-11(15)5-7/h1-6H,(H,17,18). The van der Waals surface area contributed by atoms with Gasteiger partial charge in [0.2, 0.25) is 0 Å². The maximum Gasteiger partial charge on any atom is 0.265 e. The first-order valence-electron chi connectivity index (χ1n) is 5.43. The lowest BCUT2D eigenvalue weighted by atomic mass is 10.3. The Hall–Kier alpha value is -0.960. The number of rotatable bonds is 3. The van der Waals surface area contributed by atoms with Gasteiger partial charge in [-0.15, -0.1) is 0 Å². The molecule has 0 unspecified atom stereocenters. The molecular weight excluding hydrogens is 447 g/mol. The van der Waals surface area contributed by atoms with Crippen LogP contribution in [0.3, 0.4) is 0 Å². The molecule has 1 aromatic heterocycles. The predicted molar refractivity (Wildman–Crippen MR) is 85.7 cm³/mol. The van der Waals surface area contributed by atoms with E-state index in [2.05, 4.69) is 36.8 Å². The fraction of sp³-hybridized carbons (Fsp3) is 0. The van der Waals surface area contributed by atoms with Gasteiger partial charge in [0, 0.05) is 20.7 Å². The quantitative estimate of drug-likeness (QED) is 0.722. The molecule has 0 aliphatic rings. The number of nitrogens with one attached hydrogen (secondary N) is 1. The third-order valence-electron chi connectivity index (χ3n) is 2.40. The zero-order chi connectivity index (χ0) is 15.6. The summed E-state index contributed by atoms with van der Waals surface area (Å²) in [6.07, 6.45) is 1.32. The van der Waals surface area contributed by atoms with Gasteiger partial charge in [0.15, 0.2) is 0 Å². The first-order chi connectivity index (χ1) is 9.79. The summed E-state index contributed by atoms with van der Waals surface area (Å²) in [5.74, 6) is -0.786. The van der Waals surface area contributed by atoms with Crippen LogP contribution in [0.2, 0.25) is 5.15 Å². The molecule has 0 saturated carbocycles. The van der Waals surface area contributed by atoms with Gasteiger partial charge in [0.1, 0.15) is 10.0 Å². The van der Waals surface area contributed by atoms with Crippen LogP contribution in [0.25, 0.3) is 0 Å². The van der Waals surface area contributed by atoms with Gasteiger partial charge in [0.05, 0.1) is 0 Å². The molecule has 1 N–H and O–H groups in total. The Kier molecular flexibility index (Phi) is 5.03. The second-order valence-electron chi connectivity index (χ2n) is 3.88. The van der Waals surface area contributed by atoms with Crippen LogP contribution >= 0.6 is 43.5 Å². The van der Waals surface area contributed by atoms with E-state index in [9.17, 15) is 13.2 Å². The van der Waals surface area contributed by atoms with Crippen LogP contribution in [-0.4, -0.2) is 19.3 Å². The Morgan fingerprint density at radius 1 is 1.19 bits per heavy atom. The maximum atomic E-state index is 12.2. The number of nitrogens with zero attached hydrogens (tertiary/aromatic N) is 1. The summed E-state index contributed by atoms with van der Waals surface area (Å²) in [5.41, 5.74) is 0.102. The number of amides is 1. The third kappa shape index (κ3) is 4.03. The molecule has 0 spiro atoms. The van der Waals surface area contributed by atoms with E-state index in [-0.39, 0.29) is 15.6 Å². The number of hydrogen-bond donors (Lipinski definition) is 1. The van der Waals surface area contributed by atoms with Crippen molar-refractivity contribution in [1.82, 2.24) is 9.71 Å². The lowest BCUT2D eigenvalue weighted by Gasteiger charge is -2.09. The van der Waals surface area contributed by atoms with Gasteiger partial charge in [-0.25, -0.2) is 18.1 Å². The largest absolute Gasteiger partial charge is 0.268 e. The van der Waals surface area contributed by atoms with Crippen LogP contribution in [0.15, 0.2) is 50.4 Å². The van der Waals surface area contributed by atoms with Crippen molar-refractivity contribution >= 4 is 59.4 Å². The van der Waals surface area contributed by atoms with E-state index < -0.39 is 15.9 Å². The molecular formula is C12H7Br2ClN2O3S. The molecule has 2 aromatic rings. The predicted octanol–water partition coefficient (Wildman–Crippen LogP) is 3.38.